The van der Waals surface area contributed by atoms with Gasteiger partial charge in [0.05, 0.1) is 13.2 Å². The molecule has 1 atom stereocenters. The van der Waals surface area contributed by atoms with Gasteiger partial charge in [0.1, 0.15) is 17.6 Å². The van der Waals surface area contributed by atoms with Crippen molar-refractivity contribution in [1.82, 2.24) is 16.0 Å². The molecule has 3 amide bonds. The number of halogens is 1. The van der Waals surface area contributed by atoms with Crippen LogP contribution >= 0.6 is 0 Å². The van der Waals surface area contributed by atoms with E-state index in [1.165, 1.54) is 25.1 Å². The summed E-state index contributed by atoms with van der Waals surface area (Å²) in [6, 6.07) is 5.63. The van der Waals surface area contributed by atoms with Crippen LogP contribution < -0.4 is 26.9 Å². The van der Waals surface area contributed by atoms with Crippen molar-refractivity contribution in [3.63, 3.8) is 0 Å². The zero-order valence-corrected chi connectivity index (χ0v) is 19.9. The predicted octanol–water partition coefficient (Wildman–Crippen LogP) is -2.12. The van der Waals surface area contributed by atoms with Crippen LogP contribution in [0, 0.1) is 5.82 Å². The monoisotopic (exact) mass is 511 g/mol. The first-order chi connectivity index (χ1) is 17.6. The standard InChI is InChI=1S/C23H24B2FN3O8/c1-12(30)4-5-27-23(33)20(9-28-21(31)13-2-3-14-10-36-24(34)17(14)6-13)29-22(32)15-7-18-16(19(26)8-15)11-37-25(18)35/h2-3,6-8,20,34-35H,4-5,9-11H2,1H3,(H,27,33)(H,28,31)(H,29,32)/t20-/m0/s1. The maximum Gasteiger partial charge on any atom is 0.491 e. The molecule has 0 bridgehead atoms. The van der Waals surface area contributed by atoms with Gasteiger partial charge in [0.15, 0.2) is 0 Å². The lowest BCUT2D eigenvalue weighted by Gasteiger charge is -2.19. The normalized spacial score (nSPS) is 14.6. The van der Waals surface area contributed by atoms with Crippen molar-refractivity contribution in [2.45, 2.75) is 32.6 Å². The van der Waals surface area contributed by atoms with E-state index in [1.807, 2.05) is 0 Å². The van der Waals surface area contributed by atoms with E-state index in [-0.39, 0.29) is 60.7 Å². The Bertz CT molecular complexity index is 1260. The van der Waals surface area contributed by atoms with Crippen LogP contribution in [0.2, 0.25) is 0 Å². The summed E-state index contributed by atoms with van der Waals surface area (Å²) in [5, 5.41) is 27.3. The number of carbonyl (C=O) groups is 4. The number of Topliss-reactive ketones (excluding diaryl/α,β-unsaturated/α-hetero) is 1. The Morgan fingerprint density at radius 1 is 0.973 bits per heavy atom. The van der Waals surface area contributed by atoms with Gasteiger partial charge in [-0.1, -0.05) is 6.07 Å². The third-order valence-corrected chi connectivity index (χ3v) is 6.08. The van der Waals surface area contributed by atoms with Crippen LogP contribution in [-0.4, -0.2) is 66.9 Å². The highest BCUT2D eigenvalue weighted by Gasteiger charge is 2.32. The maximum absolute atomic E-state index is 14.4. The smallest absolute Gasteiger partial charge is 0.423 e. The number of benzene rings is 2. The van der Waals surface area contributed by atoms with Crippen LogP contribution in [0.1, 0.15) is 45.2 Å². The molecule has 14 heteroatoms. The zero-order valence-electron chi connectivity index (χ0n) is 19.9. The number of rotatable bonds is 9. The van der Waals surface area contributed by atoms with E-state index in [0.717, 1.165) is 11.6 Å². The summed E-state index contributed by atoms with van der Waals surface area (Å²) >= 11 is 0. The molecule has 2 aliphatic heterocycles. The molecule has 0 unspecified atom stereocenters. The first kappa shape index (κ1) is 26.5. The fourth-order valence-corrected chi connectivity index (χ4v) is 4.00. The lowest BCUT2D eigenvalue weighted by Crippen LogP contribution is -2.53. The van der Waals surface area contributed by atoms with Gasteiger partial charge in [0, 0.05) is 36.2 Å². The topological polar surface area (TPSA) is 163 Å². The second-order valence-corrected chi connectivity index (χ2v) is 8.75. The van der Waals surface area contributed by atoms with Gasteiger partial charge >= 0.3 is 14.2 Å². The molecule has 2 aromatic carbocycles. The molecule has 11 nitrogen and oxygen atoms in total. The number of fused-ring (bicyclic) bond motifs is 2. The summed E-state index contributed by atoms with van der Waals surface area (Å²) in [6.45, 7) is 1.15. The maximum atomic E-state index is 14.4. The van der Waals surface area contributed by atoms with Crippen molar-refractivity contribution in [2.75, 3.05) is 13.1 Å². The Labute approximate surface area is 212 Å². The summed E-state index contributed by atoms with van der Waals surface area (Å²) in [7, 11) is -2.52. The molecule has 0 aliphatic carbocycles. The second-order valence-electron chi connectivity index (χ2n) is 8.75. The molecule has 2 aliphatic rings. The van der Waals surface area contributed by atoms with Gasteiger partial charge in [0.2, 0.25) is 5.91 Å². The van der Waals surface area contributed by atoms with Crippen molar-refractivity contribution >= 4 is 48.7 Å². The molecule has 2 heterocycles. The van der Waals surface area contributed by atoms with Crippen LogP contribution in [0.25, 0.3) is 0 Å². The average Bonchev–Trinajstić information content (AvgIpc) is 3.43. The molecule has 0 aromatic heterocycles. The number of hydrogen-bond donors (Lipinski definition) is 5. The van der Waals surface area contributed by atoms with Crippen LogP contribution in [0.15, 0.2) is 30.3 Å². The van der Waals surface area contributed by atoms with E-state index in [2.05, 4.69) is 16.0 Å². The van der Waals surface area contributed by atoms with Crippen molar-refractivity contribution in [1.29, 1.82) is 0 Å². The molecule has 0 saturated heterocycles. The summed E-state index contributed by atoms with van der Waals surface area (Å²) < 4.78 is 24.5. The van der Waals surface area contributed by atoms with Gasteiger partial charge in [-0.3, -0.25) is 19.2 Å². The highest BCUT2D eigenvalue weighted by Crippen LogP contribution is 2.16. The lowest BCUT2D eigenvalue weighted by molar-refractivity contribution is -0.123. The molecule has 0 spiro atoms. The van der Waals surface area contributed by atoms with E-state index in [1.54, 1.807) is 6.07 Å². The SMILES string of the molecule is CC(=O)CCNC(=O)[C@H](CNC(=O)c1ccc2c(c1)B(O)OC2)NC(=O)c1cc(F)c2c(c1)B(O)OC2. The molecule has 0 saturated carbocycles. The van der Waals surface area contributed by atoms with Crippen LogP contribution in [0.5, 0.6) is 0 Å². The number of carbonyl (C=O) groups excluding carboxylic acids is 4. The summed E-state index contributed by atoms with van der Waals surface area (Å²) in [6.07, 6.45) is 0.0756. The third-order valence-electron chi connectivity index (χ3n) is 6.08. The Hall–Kier alpha value is -3.58. The van der Waals surface area contributed by atoms with E-state index in [9.17, 15) is 33.6 Å². The predicted molar refractivity (Wildman–Crippen MR) is 130 cm³/mol. The highest BCUT2D eigenvalue weighted by molar-refractivity contribution is 6.62. The summed E-state index contributed by atoms with van der Waals surface area (Å²) in [5.41, 5.74) is 1.52. The summed E-state index contributed by atoms with van der Waals surface area (Å²) in [4.78, 5) is 49.6. The van der Waals surface area contributed by atoms with E-state index >= 15 is 0 Å². The number of amides is 3. The van der Waals surface area contributed by atoms with Crippen LogP contribution in [0.3, 0.4) is 0 Å². The Balaban J connectivity index is 1.47. The minimum absolute atomic E-state index is 0.0220. The van der Waals surface area contributed by atoms with Gasteiger partial charge < -0.3 is 35.3 Å². The quantitative estimate of drug-likeness (QED) is 0.239. The Kier molecular flexibility index (Phi) is 8.03. The largest absolute Gasteiger partial charge is 0.491 e. The molecular formula is C23H24B2FN3O8. The van der Waals surface area contributed by atoms with Crippen molar-refractivity contribution < 1.29 is 42.9 Å². The van der Waals surface area contributed by atoms with Crippen molar-refractivity contribution in [3.8, 4) is 0 Å². The van der Waals surface area contributed by atoms with Gasteiger partial charge in [0.25, 0.3) is 11.8 Å². The molecule has 0 fully saturated rings. The number of ketones is 1. The molecule has 5 N–H and O–H groups in total. The van der Waals surface area contributed by atoms with Crippen LogP contribution in [0.4, 0.5) is 4.39 Å². The van der Waals surface area contributed by atoms with Gasteiger partial charge in [-0.25, -0.2) is 4.39 Å². The zero-order chi connectivity index (χ0) is 26.7. The van der Waals surface area contributed by atoms with Crippen molar-refractivity contribution in [3.05, 3.63) is 58.4 Å². The molecule has 192 valence electrons. The van der Waals surface area contributed by atoms with E-state index in [4.69, 9.17) is 9.31 Å². The van der Waals surface area contributed by atoms with Crippen LogP contribution in [-0.2, 0) is 32.1 Å². The fraction of sp³-hybridized carbons (Fsp3) is 0.304. The highest BCUT2D eigenvalue weighted by atomic mass is 19.1. The van der Waals surface area contributed by atoms with Gasteiger partial charge in [-0.2, -0.15) is 0 Å². The second kappa shape index (κ2) is 11.2. The lowest BCUT2D eigenvalue weighted by atomic mass is 9.78. The Morgan fingerprint density at radius 2 is 1.68 bits per heavy atom. The Morgan fingerprint density at radius 3 is 2.43 bits per heavy atom. The minimum atomic E-state index is -1.38. The number of hydrogen-bond acceptors (Lipinski definition) is 8. The van der Waals surface area contributed by atoms with E-state index < -0.39 is 43.8 Å². The molecule has 2 aromatic rings. The molecule has 0 radical (unpaired) electrons. The summed E-state index contributed by atoms with van der Waals surface area (Å²) in [5.74, 6) is -2.94. The average molecular weight is 511 g/mol. The van der Waals surface area contributed by atoms with Gasteiger partial charge in [-0.05, 0) is 47.7 Å². The first-order valence-electron chi connectivity index (χ1n) is 11.5. The van der Waals surface area contributed by atoms with Crippen molar-refractivity contribution in [2.24, 2.45) is 0 Å². The molecule has 37 heavy (non-hydrogen) atoms. The third kappa shape index (κ3) is 6.05. The van der Waals surface area contributed by atoms with Gasteiger partial charge in [-0.15, -0.1) is 0 Å². The minimum Gasteiger partial charge on any atom is -0.423 e. The molecular weight excluding hydrogens is 487 g/mol. The fourth-order valence-electron chi connectivity index (χ4n) is 4.00. The molecule has 4 rings (SSSR count). The van der Waals surface area contributed by atoms with E-state index in [0.29, 0.717) is 5.46 Å². The first-order valence-corrected chi connectivity index (χ1v) is 11.5. The number of nitrogens with one attached hydrogen (secondary N) is 3.